The first-order valence-corrected chi connectivity index (χ1v) is 13.6. The second-order valence-corrected chi connectivity index (χ2v) is 10.6. The van der Waals surface area contributed by atoms with E-state index in [0.717, 1.165) is 43.8 Å². The highest BCUT2D eigenvalue weighted by Gasteiger charge is 2.19. The average Bonchev–Trinajstić information content (AvgIpc) is 3.57. The van der Waals surface area contributed by atoms with Crippen LogP contribution < -0.4 is 17.2 Å². The maximum absolute atomic E-state index is 11.4. The summed E-state index contributed by atoms with van der Waals surface area (Å²) in [6, 6.07) is 16.8. The number of carbonyl (C=O) groups excluding carboxylic acids is 1. The van der Waals surface area contributed by atoms with Crippen LogP contribution in [0.25, 0.3) is 11.1 Å². The Kier molecular flexibility index (Phi) is 9.50. The SMILES string of the molecule is Cc1ccc(COC2CCCC2)cc1C.NC(=O)c1cc(-c2ccc(CN3CCC(N)C3)cc2)cnc1N. The van der Waals surface area contributed by atoms with Crippen molar-refractivity contribution in [2.24, 2.45) is 11.5 Å². The molecule has 202 valence electrons. The third kappa shape index (κ3) is 7.63. The Balaban J connectivity index is 0.000000194. The second-order valence-electron chi connectivity index (χ2n) is 10.6. The maximum atomic E-state index is 11.4. The van der Waals surface area contributed by atoms with Crippen LogP contribution in [0.15, 0.2) is 54.7 Å². The molecule has 38 heavy (non-hydrogen) atoms. The summed E-state index contributed by atoms with van der Waals surface area (Å²) >= 11 is 0. The molecule has 0 spiro atoms. The lowest BCUT2D eigenvalue weighted by Crippen LogP contribution is -2.26. The van der Waals surface area contributed by atoms with Gasteiger partial charge in [0.25, 0.3) is 5.91 Å². The van der Waals surface area contributed by atoms with Crippen LogP contribution in [-0.2, 0) is 17.9 Å². The highest BCUT2D eigenvalue weighted by atomic mass is 16.5. The first-order chi connectivity index (χ1) is 18.3. The summed E-state index contributed by atoms with van der Waals surface area (Å²) in [6.07, 6.45) is 8.43. The number of hydrogen-bond donors (Lipinski definition) is 3. The van der Waals surface area contributed by atoms with Crippen molar-refractivity contribution in [2.45, 2.75) is 71.2 Å². The summed E-state index contributed by atoms with van der Waals surface area (Å²) in [5, 5.41) is 0. The van der Waals surface area contributed by atoms with Crippen molar-refractivity contribution >= 4 is 11.7 Å². The smallest absolute Gasteiger partial charge is 0.252 e. The summed E-state index contributed by atoms with van der Waals surface area (Å²) < 4.78 is 5.88. The highest BCUT2D eigenvalue weighted by molar-refractivity contribution is 5.98. The summed E-state index contributed by atoms with van der Waals surface area (Å²) in [7, 11) is 0. The van der Waals surface area contributed by atoms with Crippen LogP contribution in [0.3, 0.4) is 0 Å². The molecule has 1 saturated heterocycles. The number of ether oxygens (including phenoxy) is 1. The molecule has 6 N–H and O–H groups in total. The fraction of sp³-hybridized carbons (Fsp3) is 0.419. The minimum absolute atomic E-state index is 0.156. The Morgan fingerprint density at radius 1 is 0.974 bits per heavy atom. The number of primary amides is 1. The zero-order valence-corrected chi connectivity index (χ0v) is 22.7. The van der Waals surface area contributed by atoms with Crippen LogP contribution in [0.1, 0.15) is 64.7 Å². The number of nitrogens with zero attached hydrogens (tertiary/aromatic N) is 2. The lowest BCUT2D eigenvalue weighted by atomic mass is 10.0. The van der Waals surface area contributed by atoms with Crippen molar-refractivity contribution < 1.29 is 9.53 Å². The van der Waals surface area contributed by atoms with E-state index in [4.69, 9.17) is 21.9 Å². The number of likely N-dealkylation sites (tertiary alicyclic amines) is 1. The fourth-order valence-electron chi connectivity index (χ4n) is 5.06. The van der Waals surface area contributed by atoms with Gasteiger partial charge in [0.2, 0.25) is 0 Å². The molecule has 0 radical (unpaired) electrons. The van der Waals surface area contributed by atoms with Gasteiger partial charge in [-0.1, -0.05) is 55.3 Å². The molecular weight excluding hydrogens is 474 g/mol. The Morgan fingerprint density at radius 2 is 1.68 bits per heavy atom. The number of benzene rings is 2. The third-order valence-electron chi connectivity index (χ3n) is 7.55. The number of nitrogens with two attached hydrogens (primary N) is 3. The van der Waals surface area contributed by atoms with Gasteiger partial charge in [0.15, 0.2) is 0 Å². The number of pyridine rings is 1. The lowest BCUT2D eigenvalue weighted by molar-refractivity contribution is 0.0456. The van der Waals surface area contributed by atoms with E-state index in [1.807, 2.05) is 12.1 Å². The van der Waals surface area contributed by atoms with Gasteiger partial charge in [0.05, 0.1) is 18.3 Å². The molecule has 2 fully saturated rings. The summed E-state index contributed by atoms with van der Waals surface area (Å²) in [5.74, 6) is -0.415. The van der Waals surface area contributed by atoms with E-state index in [-0.39, 0.29) is 11.4 Å². The van der Waals surface area contributed by atoms with Crippen molar-refractivity contribution in [2.75, 3.05) is 18.8 Å². The monoisotopic (exact) mass is 515 g/mol. The number of rotatable bonds is 7. The number of aromatic nitrogens is 1. The summed E-state index contributed by atoms with van der Waals surface area (Å²) in [4.78, 5) is 17.8. The number of hydrogen-bond acceptors (Lipinski definition) is 6. The van der Waals surface area contributed by atoms with Crippen molar-refractivity contribution in [3.63, 3.8) is 0 Å². The van der Waals surface area contributed by atoms with E-state index in [1.165, 1.54) is 47.9 Å². The summed E-state index contributed by atoms with van der Waals surface area (Å²) in [5.41, 5.74) is 24.2. The molecule has 1 atom stereocenters. The molecule has 1 amide bonds. The Bertz CT molecular complexity index is 1220. The van der Waals surface area contributed by atoms with Gasteiger partial charge in [-0.3, -0.25) is 9.69 Å². The molecule has 3 aromatic rings. The van der Waals surface area contributed by atoms with Crippen LogP contribution in [0, 0.1) is 13.8 Å². The molecular formula is C31H41N5O2. The number of anilines is 1. The van der Waals surface area contributed by atoms with Gasteiger partial charge in [-0.05, 0) is 67.0 Å². The van der Waals surface area contributed by atoms with Gasteiger partial charge in [0, 0.05) is 37.4 Å². The number of aryl methyl sites for hydroxylation is 2. The quantitative estimate of drug-likeness (QED) is 0.419. The molecule has 0 bridgehead atoms. The highest BCUT2D eigenvalue weighted by Crippen LogP contribution is 2.24. The molecule has 7 nitrogen and oxygen atoms in total. The normalized spacial score (nSPS) is 17.8. The lowest BCUT2D eigenvalue weighted by Gasteiger charge is -2.15. The topological polar surface area (TPSA) is 120 Å². The Morgan fingerprint density at radius 3 is 2.32 bits per heavy atom. The number of amides is 1. The van der Waals surface area contributed by atoms with E-state index in [1.54, 1.807) is 12.3 Å². The van der Waals surface area contributed by atoms with Gasteiger partial charge >= 0.3 is 0 Å². The largest absolute Gasteiger partial charge is 0.383 e. The van der Waals surface area contributed by atoms with E-state index in [0.29, 0.717) is 12.1 Å². The number of carbonyl (C=O) groups is 1. The van der Waals surface area contributed by atoms with Crippen LogP contribution in [0.4, 0.5) is 5.82 Å². The third-order valence-corrected chi connectivity index (χ3v) is 7.55. The van der Waals surface area contributed by atoms with Gasteiger partial charge in [-0.25, -0.2) is 4.98 Å². The van der Waals surface area contributed by atoms with Gasteiger partial charge in [-0.2, -0.15) is 0 Å². The first-order valence-electron chi connectivity index (χ1n) is 13.6. The molecule has 1 saturated carbocycles. The predicted octanol–water partition coefficient (Wildman–Crippen LogP) is 4.73. The summed E-state index contributed by atoms with van der Waals surface area (Å²) in [6.45, 7) is 8.00. The van der Waals surface area contributed by atoms with Gasteiger partial charge < -0.3 is 21.9 Å². The van der Waals surface area contributed by atoms with Crippen LogP contribution in [0.5, 0.6) is 0 Å². The molecule has 5 rings (SSSR count). The average molecular weight is 516 g/mol. The van der Waals surface area contributed by atoms with E-state index >= 15 is 0 Å². The molecule has 2 aliphatic rings. The minimum atomic E-state index is -0.571. The molecule has 1 aliphatic heterocycles. The zero-order valence-electron chi connectivity index (χ0n) is 22.7. The molecule has 1 unspecified atom stereocenters. The van der Waals surface area contributed by atoms with Crippen molar-refractivity contribution in [3.8, 4) is 11.1 Å². The van der Waals surface area contributed by atoms with Crippen molar-refractivity contribution in [1.82, 2.24) is 9.88 Å². The van der Waals surface area contributed by atoms with Gasteiger partial charge in [0.1, 0.15) is 5.82 Å². The molecule has 1 aromatic heterocycles. The second kappa shape index (κ2) is 13.0. The molecule has 1 aliphatic carbocycles. The van der Waals surface area contributed by atoms with E-state index in [2.05, 4.69) is 54.1 Å². The Labute approximate surface area is 226 Å². The van der Waals surface area contributed by atoms with Crippen molar-refractivity contribution in [3.05, 3.63) is 82.5 Å². The van der Waals surface area contributed by atoms with Crippen LogP contribution in [-0.4, -0.2) is 41.0 Å². The number of nitrogen functional groups attached to an aromatic ring is 1. The maximum Gasteiger partial charge on any atom is 0.252 e. The van der Waals surface area contributed by atoms with Gasteiger partial charge in [-0.15, -0.1) is 0 Å². The predicted molar refractivity (Wildman–Crippen MR) is 153 cm³/mol. The zero-order chi connectivity index (χ0) is 27.1. The minimum Gasteiger partial charge on any atom is -0.383 e. The van der Waals surface area contributed by atoms with E-state index < -0.39 is 5.91 Å². The van der Waals surface area contributed by atoms with Crippen molar-refractivity contribution in [1.29, 1.82) is 0 Å². The molecule has 2 heterocycles. The molecule has 7 heteroatoms. The van der Waals surface area contributed by atoms with Crippen LogP contribution >= 0.6 is 0 Å². The first kappa shape index (κ1) is 27.8. The Hall–Kier alpha value is -3.26. The molecule has 2 aromatic carbocycles. The fourth-order valence-corrected chi connectivity index (χ4v) is 5.06. The standard InChI is InChI=1S/C17H21N5O.C14H20O/c18-14-5-6-22(10-14)9-11-1-3-12(4-2-11)13-7-15(17(20)23)16(19)21-8-13;1-11-7-8-13(9-12(11)2)10-15-14-5-3-4-6-14/h1-4,7-8,14H,5-6,9-10,18H2,(H2,19,21)(H2,20,23);7-9,14H,3-6,10H2,1-2H3. The van der Waals surface area contributed by atoms with Crippen LogP contribution in [0.2, 0.25) is 0 Å². The van der Waals surface area contributed by atoms with E-state index in [9.17, 15) is 4.79 Å².